The van der Waals surface area contributed by atoms with Crippen molar-refractivity contribution >= 4 is 17.6 Å². The van der Waals surface area contributed by atoms with Gasteiger partial charge in [0.2, 0.25) is 6.29 Å². The van der Waals surface area contributed by atoms with E-state index in [0.717, 1.165) is 5.56 Å². The van der Waals surface area contributed by atoms with Crippen LogP contribution in [0.5, 0.6) is 0 Å². The molecule has 92 valence electrons. The molecule has 2 rings (SSSR count). The Hall–Kier alpha value is -1.06. The molecule has 1 aromatic rings. The molecule has 1 aromatic carbocycles. The van der Waals surface area contributed by atoms with E-state index in [1.54, 1.807) is 18.2 Å². The first-order valence-corrected chi connectivity index (χ1v) is 5.87. The summed E-state index contributed by atoms with van der Waals surface area (Å²) in [5, 5.41) is 0.582. The Balaban J connectivity index is 2.22. The van der Waals surface area contributed by atoms with E-state index in [2.05, 4.69) is 0 Å². The average molecular weight is 255 g/mol. The van der Waals surface area contributed by atoms with Crippen molar-refractivity contribution in [2.24, 2.45) is 5.41 Å². The van der Waals surface area contributed by atoms with Crippen LogP contribution in [0.15, 0.2) is 24.3 Å². The number of cyclic esters (lactones) is 1. The second-order valence-electron chi connectivity index (χ2n) is 5.21. The van der Waals surface area contributed by atoms with Crippen LogP contribution >= 0.6 is 11.6 Å². The first-order valence-electron chi connectivity index (χ1n) is 5.49. The molecule has 0 bridgehead atoms. The number of rotatable bonds is 1. The van der Waals surface area contributed by atoms with Gasteiger partial charge in [0, 0.05) is 10.4 Å². The summed E-state index contributed by atoms with van der Waals surface area (Å²) in [6.07, 6.45) is -1.18. The Kier molecular flexibility index (Phi) is 3.15. The summed E-state index contributed by atoms with van der Waals surface area (Å²) in [6, 6.07) is 7.08. The third-order valence-corrected chi connectivity index (χ3v) is 2.79. The Labute approximate surface area is 106 Å². The lowest BCUT2D eigenvalue weighted by Gasteiger charge is -2.24. The minimum Gasteiger partial charge on any atom is -0.433 e. The predicted octanol–water partition coefficient (Wildman–Crippen LogP) is 3.33. The molecule has 0 amide bonds. The summed E-state index contributed by atoms with van der Waals surface area (Å²) >= 11 is 5.89. The van der Waals surface area contributed by atoms with Crippen molar-refractivity contribution in [1.82, 2.24) is 0 Å². The van der Waals surface area contributed by atoms with Gasteiger partial charge in [-0.2, -0.15) is 0 Å². The van der Waals surface area contributed by atoms with E-state index in [1.807, 2.05) is 26.8 Å². The highest BCUT2D eigenvalue weighted by atomic mass is 35.5. The Morgan fingerprint density at radius 3 is 2.53 bits per heavy atom. The maximum atomic E-state index is 11.8. The van der Waals surface area contributed by atoms with Gasteiger partial charge in [-0.3, -0.25) is 0 Å². The highest BCUT2D eigenvalue weighted by molar-refractivity contribution is 6.30. The molecule has 17 heavy (non-hydrogen) atoms. The Morgan fingerprint density at radius 1 is 1.29 bits per heavy atom. The summed E-state index contributed by atoms with van der Waals surface area (Å²) < 4.78 is 10.9. The number of hydrogen-bond donors (Lipinski definition) is 0. The SMILES string of the molecule is CC(C)(C)[C@H]1OC(=O)C(c2cccc(Cl)c2)O1. The van der Waals surface area contributed by atoms with Crippen LogP contribution in [0.1, 0.15) is 32.4 Å². The van der Waals surface area contributed by atoms with Gasteiger partial charge >= 0.3 is 5.97 Å². The fraction of sp³-hybridized carbons (Fsp3) is 0.462. The number of halogens is 1. The van der Waals surface area contributed by atoms with Gasteiger partial charge in [-0.15, -0.1) is 0 Å². The molecule has 1 aliphatic heterocycles. The zero-order valence-electron chi connectivity index (χ0n) is 10.1. The molecule has 0 spiro atoms. The predicted molar refractivity (Wildman–Crippen MR) is 64.6 cm³/mol. The molecule has 0 radical (unpaired) electrons. The quantitative estimate of drug-likeness (QED) is 0.721. The number of esters is 1. The zero-order valence-corrected chi connectivity index (χ0v) is 10.8. The van der Waals surface area contributed by atoms with Crippen LogP contribution in [0.2, 0.25) is 5.02 Å². The van der Waals surface area contributed by atoms with Gasteiger partial charge in [-0.25, -0.2) is 4.79 Å². The lowest BCUT2D eigenvalue weighted by atomic mass is 9.96. The highest BCUT2D eigenvalue weighted by Crippen LogP contribution is 2.36. The maximum absolute atomic E-state index is 11.8. The van der Waals surface area contributed by atoms with Crippen LogP contribution in [-0.2, 0) is 14.3 Å². The third kappa shape index (κ3) is 2.61. The van der Waals surface area contributed by atoms with Crippen LogP contribution < -0.4 is 0 Å². The van der Waals surface area contributed by atoms with Crippen molar-refractivity contribution in [1.29, 1.82) is 0 Å². The van der Waals surface area contributed by atoms with Crippen LogP contribution in [0.3, 0.4) is 0 Å². The van der Waals surface area contributed by atoms with Crippen LogP contribution in [-0.4, -0.2) is 12.3 Å². The molecule has 1 aliphatic rings. The first-order chi connectivity index (χ1) is 7.88. The van der Waals surface area contributed by atoms with Gasteiger partial charge in [0.15, 0.2) is 6.10 Å². The minimum absolute atomic E-state index is 0.233. The van der Waals surface area contributed by atoms with Crippen LogP contribution in [0.4, 0.5) is 0 Å². The van der Waals surface area contributed by atoms with Crippen molar-refractivity contribution in [3.8, 4) is 0 Å². The van der Waals surface area contributed by atoms with Gasteiger partial charge < -0.3 is 9.47 Å². The zero-order chi connectivity index (χ0) is 12.6. The summed E-state index contributed by atoms with van der Waals surface area (Å²) in [5.74, 6) is -0.354. The fourth-order valence-corrected chi connectivity index (χ4v) is 1.84. The van der Waals surface area contributed by atoms with E-state index in [4.69, 9.17) is 21.1 Å². The molecule has 3 nitrogen and oxygen atoms in total. The van der Waals surface area contributed by atoms with Gasteiger partial charge in [0.1, 0.15) is 0 Å². The van der Waals surface area contributed by atoms with E-state index in [-0.39, 0.29) is 11.4 Å². The van der Waals surface area contributed by atoms with Crippen molar-refractivity contribution < 1.29 is 14.3 Å². The van der Waals surface area contributed by atoms with Gasteiger partial charge in [0.25, 0.3) is 0 Å². The summed E-state index contributed by atoms with van der Waals surface area (Å²) in [6.45, 7) is 5.89. The molecule has 1 fully saturated rings. The van der Waals surface area contributed by atoms with Gasteiger partial charge in [-0.1, -0.05) is 44.5 Å². The van der Waals surface area contributed by atoms with E-state index in [1.165, 1.54) is 0 Å². The average Bonchev–Trinajstić information content (AvgIpc) is 2.60. The smallest absolute Gasteiger partial charge is 0.342 e. The molecule has 1 unspecified atom stereocenters. The maximum Gasteiger partial charge on any atom is 0.342 e. The number of hydrogen-bond acceptors (Lipinski definition) is 3. The summed E-state index contributed by atoms with van der Waals surface area (Å²) in [5.41, 5.74) is 0.498. The summed E-state index contributed by atoms with van der Waals surface area (Å²) in [4.78, 5) is 11.8. The molecule has 0 aliphatic carbocycles. The molecular formula is C13H15ClO3. The Morgan fingerprint density at radius 2 is 2.00 bits per heavy atom. The second-order valence-corrected chi connectivity index (χ2v) is 5.64. The molecule has 4 heteroatoms. The number of benzene rings is 1. The second kappa shape index (κ2) is 4.31. The molecule has 1 saturated heterocycles. The van der Waals surface area contributed by atoms with Gasteiger partial charge in [0.05, 0.1) is 0 Å². The Bertz CT molecular complexity index is 437. The number of ether oxygens (including phenoxy) is 2. The highest BCUT2D eigenvalue weighted by Gasteiger charge is 2.42. The number of carbonyl (C=O) groups is 1. The van der Waals surface area contributed by atoms with E-state index in [0.29, 0.717) is 5.02 Å². The van der Waals surface area contributed by atoms with E-state index in [9.17, 15) is 4.79 Å². The minimum atomic E-state index is -0.669. The normalized spacial score (nSPS) is 24.8. The monoisotopic (exact) mass is 254 g/mol. The van der Waals surface area contributed by atoms with Crippen molar-refractivity contribution in [2.45, 2.75) is 33.2 Å². The first kappa shape index (κ1) is 12.4. The lowest BCUT2D eigenvalue weighted by molar-refractivity contribution is -0.154. The fourth-order valence-electron chi connectivity index (χ4n) is 1.64. The summed E-state index contributed by atoms with van der Waals surface area (Å²) in [7, 11) is 0. The largest absolute Gasteiger partial charge is 0.433 e. The molecule has 0 saturated carbocycles. The van der Waals surface area contributed by atoms with Gasteiger partial charge in [-0.05, 0) is 17.7 Å². The topological polar surface area (TPSA) is 35.5 Å². The van der Waals surface area contributed by atoms with Crippen LogP contribution in [0.25, 0.3) is 0 Å². The molecule has 2 atom stereocenters. The molecule has 1 heterocycles. The molecule has 0 aromatic heterocycles. The van der Waals surface area contributed by atoms with Crippen molar-refractivity contribution in [3.63, 3.8) is 0 Å². The molecule has 0 N–H and O–H groups in total. The van der Waals surface area contributed by atoms with Crippen molar-refractivity contribution in [2.75, 3.05) is 0 Å². The van der Waals surface area contributed by atoms with Crippen LogP contribution in [0, 0.1) is 5.41 Å². The van der Waals surface area contributed by atoms with Crippen molar-refractivity contribution in [3.05, 3.63) is 34.9 Å². The van der Waals surface area contributed by atoms with E-state index >= 15 is 0 Å². The number of carbonyl (C=O) groups excluding carboxylic acids is 1. The third-order valence-electron chi connectivity index (χ3n) is 2.56. The van der Waals surface area contributed by atoms with E-state index < -0.39 is 12.4 Å². The molecular weight excluding hydrogens is 240 g/mol. The standard InChI is InChI=1S/C13H15ClO3/c1-13(2,3)12-16-10(11(15)17-12)8-5-4-6-9(14)7-8/h4-7,10,12H,1-3H3/t10?,12-/m1/s1. The lowest BCUT2D eigenvalue weighted by Crippen LogP contribution is -2.27.